The van der Waals surface area contributed by atoms with E-state index < -0.39 is 67.2 Å². The summed E-state index contributed by atoms with van der Waals surface area (Å²) in [4.78, 5) is 47.1. The molecule has 0 radical (unpaired) electrons. The number of hydrogen-bond donors (Lipinski definition) is 1. The van der Waals surface area contributed by atoms with Gasteiger partial charge in [-0.05, 0) is 64.6 Å². The van der Waals surface area contributed by atoms with E-state index in [0.717, 1.165) is 21.9 Å². The number of pyridine rings is 1. The first-order chi connectivity index (χ1) is 19.6. The number of alkyl halides is 2. The van der Waals surface area contributed by atoms with Crippen molar-refractivity contribution in [3.63, 3.8) is 0 Å². The Labute approximate surface area is 246 Å². The van der Waals surface area contributed by atoms with E-state index >= 15 is 0 Å². The Kier molecular flexibility index (Phi) is 7.85. The van der Waals surface area contributed by atoms with Gasteiger partial charge in [0.2, 0.25) is 5.91 Å². The molecule has 1 aliphatic carbocycles. The quantitative estimate of drug-likeness (QED) is 0.363. The van der Waals surface area contributed by atoms with Crippen LogP contribution in [-0.2, 0) is 14.3 Å². The number of carbonyl (C=O) groups excluding carboxylic acids is 3. The van der Waals surface area contributed by atoms with Gasteiger partial charge >= 0.3 is 6.09 Å². The molecule has 0 unspecified atom stereocenters. The van der Waals surface area contributed by atoms with E-state index in [4.69, 9.17) is 4.74 Å². The molecule has 41 heavy (non-hydrogen) atoms. The Bertz CT molecular complexity index is 1560. The molecule has 1 aliphatic heterocycles. The molecule has 0 spiro atoms. The second kappa shape index (κ2) is 11.4. The SMILES string of the molecule is N#Cc1ccnc(N2C(=O)OC[C@H]2C(=O)N(c2cccc(F)c2)[C@H](C(=O)NC2CC(F)(F)C2)c2ccccc2I)c1. The Balaban J connectivity index is 1.61. The molecule has 3 amide bonds. The molecule has 3 aromatic rings. The summed E-state index contributed by atoms with van der Waals surface area (Å²) in [6.45, 7) is -0.420. The Hall–Kier alpha value is -4.19. The molecular weight excluding hydrogens is 654 g/mol. The number of anilines is 2. The summed E-state index contributed by atoms with van der Waals surface area (Å²) in [6.07, 6.45) is -0.713. The first kappa shape index (κ1) is 28.3. The second-order valence-electron chi connectivity index (χ2n) is 9.56. The van der Waals surface area contributed by atoms with E-state index in [1.807, 2.05) is 28.7 Å². The van der Waals surface area contributed by atoms with Gasteiger partial charge in [-0.2, -0.15) is 5.26 Å². The van der Waals surface area contributed by atoms with Gasteiger partial charge in [-0.3, -0.25) is 14.5 Å². The van der Waals surface area contributed by atoms with Crippen LogP contribution in [0.15, 0.2) is 66.9 Å². The average molecular weight is 675 g/mol. The molecule has 1 N–H and O–H groups in total. The largest absolute Gasteiger partial charge is 0.446 e. The number of cyclic esters (lactones) is 1. The van der Waals surface area contributed by atoms with E-state index in [-0.39, 0.29) is 17.1 Å². The van der Waals surface area contributed by atoms with E-state index in [9.17, 15) is 32.8 Å². The number of nitriles is 1. The van der Waals surface area contributed by atoms with Gasteiger partial charge in [0.05, 0.1) is 11.6 Å². The van der Waals surface area contributed by atoms with Crippen molar-refractivity contribution in [1.29, 1.82) is 5.26 Å². The number of ether oxygens (including phenoxy) is 1. The summed E-state index contributed by atoms with van der Waals surface area (Å²) < 4.78 is 47.4. The van der Waals surface area contributed by atoms with E-state index in [0.29, 0.717) is 9.13 Å². The predicted octanol–water partition coefficient (Wildman–Crippen LogP) is 4.71. The number of nitrogens with zero attached hydrogens (tertiary/aromatic N) is 4. The number of aromatic nitrogens is 1. The molecule has 2 atom stereocenters. The Morgan fingerprint density at radius 1 is 1.17 bits per heavy atom. The summed E-state index contributed by atoms with van der Waals surface area (Å²) in [5.41, 5.74) is 0.527. The third-order valence-electron chi connectivity index (χ3n) is 6.75. The number of hydrogen-bond acceptors (Lipinski definition) is 6. The van der Waals surface area contributed by atoms with E-state index in [2.05, 4.69) is 10.3 Å². The lowest BCUT2D eigenvalue weighted by Crippen LogP contribution is -2.56. The van der Waals surface area contributed by atoms with Gasteiger partial charge in [-0.1, -0.05) is 24.3 Å². The Morgan fingerprint density at radius 2 is 1.93 bits per heavy atom. The minimum absolute atomic E-state index is 0.00761. The third kappa shape index (κ3) is 5.83. The molecule has 2 heterocycles. The molecule has 9 nitrogen and oxygen atoms in total. The maximum Gasteiger partial charge on any atom is 0.416 e. The number of rotatable bonds is 7. The first-order valence-electron chi connectivity index (χ1n) is 12.4. The van der Waals surface area contributed by atoms with Gasteiger partial charge in [0.1, 0.15) is 24.3 Å². The zero-order valence-corrected chi connectivity index (χ0v) is 23.3. The lowest BCUT2D eigenvalue weighted by molar-refractivity contribution is -0.133. The molecule has 1 saturated heterocycles. The second-order valence-corrected chi connectivity index (χ2v) is 10.7. The number of carbonyl (C=O) groups is 3. The highest BCUT2D eigenvalue weighted by Crippen LogP contribution is 2.39. The normalized spacial score (nSPS) is 18.6. The van der Waals surface area contributed by atoms with Crippen LogP contribution in [0.25, 0.3) is 0 Å². The van der Waals surface area contributed by atoms with Crippen LogP contribution in [-0.4, -0.2) is 47.5 Å². The van der Waals surface area contributed by atoms with Gasteiger partial charge < -0.3 is 10.1 Å². The van der Waals surface area contributed by atoms with Crippen LogP contribution in [0, 0.1) is 20.7 Å². The number of halogens is 4. The zero-order chi connectivity index (χ0) is 29.3. The highest BCUT2D eigenvalue weighted by Gasteiger charge is 2.49. The molecular formula is C28H21F3IN5O4. The summed E-state index contributed by atoms with van der Waals surface area (Å²) in [5, 5.41) is 11.9. The van der Waals surface area contributed by atoms with Gasteiger partial charge in [0, 0.05) is 34.3 Å². The molecule has 2 fully saturated rings. The zero-order valence-electron chi connectivity index (χ0n) is 21.1. The Morgan fingerprint density at radius 3 is 2.61 bits per heavy atom. The van der Waals surface area contributed by atoms with E-state index in [1.54, 1.807) is 24.3 Å². The minimum atomic E-state index is -2.90. The fourth-order valence-electron chi connectivity index (χ4n) is 4.80. The topological polar surface area (TPSA) is 116 Å². The summed E-state index contributed by atoms with van der Waals surface area (Å²) in [7, 11) is 0. The lowest BCUT2D eigenvalue weighted by atomic mass is 9.87. The maximum atomic E-state index is 14.5. The van der Waals surface area contributed by atoms with Crippen LogP contribution in [0.1, 0.15) is 30.0 Å². The molecule has 2 aromatic carbocycles. The molecule has 2 aliphatic rings. The van der Waals surface area contributed by atoms with Crippen molar-refractivity contribution in [1.82, 2.24) is 10.3 Å². The fraction of sp³-hybridized carbons (Fsp3) is 0.250. The van der Waals surface area contributed by atoms with Crippen molar-refractivity contribution in [2.75, 3.05) is 16.4 Å². The van der Waals surface area contributed by atoms with Gasteiger partial charge in [-0.25, -0.2) is 27.8 Å². The molecule has 1 aromatic heterocycles. The van der Waals surface area contributed by atoms with E-state index in [1.165, 1.54) is 30.5 Å². The highest BCUT2D eigenvalue weighted by atomic mass is 127. The van der Waals surface area contributed by atoms with Crippen LogP contribution >= 0.6 is 22.6 Å². The number of amides is 3. The van der Waals surface area contributed by atoms with Crippen molar-refractivity contribution in [2.24, 2.45) is 0 Å². The third-order valence-corrected chi connectivity index (χ3v) is 7.73. The van der Waals surface area contributed by atoms with Crippen LogP contribution in [0.2, 0.25) is 0 Å². The predicted molar refractivity (Wildman–Crippen MR) is 148 cm³/mol. The van der Waals surface area contributed by atoms with Crippen molar-refractivity contribution in [3.8, 4) is 6.07 Å². The first-order valence-corrected chi connectivity index (χ1v) is 13.5. The molecule has 210 valence electrons. The smallest absolute Gasteiger partial charge is 0.416 e. The lowest BCUT2D eigenvalue weighted by Gasteiger charge is -2.39. The monoisotopic (exact) mass is 675 g/mol. The van der Waals surface area contributed by atoms with Crippen LogP contribution in [0.5, 0.6) is 0 Å². The van der Waals surface area contributed by atoms with Crippen molar-refractivity contribution >= 4 is 52.0 Å². The minimum Gasteiger partial charge on any atom is -0.446 e. The van der Waals surface area contributed by atoms with Crippen molar-refractivity contribution < 1.29 is 32.3 Å². The number of nitrogens with one attached hydrogen (secondary N) is 1. The summed E-state index contributed by atoms with van der Waals surface area (Å²) >= 11 is 1.99. The summed E-state index contributed by atoms with van der Waals surface area (Å²) in [5.74, 6) is -5.20. The maximum absolute atomic E-state index is 14.5. The molecule has 1 saturated carbocycles. The molecule has 0 bridgehead atoms. The highest BCUT2D eigenvalue weighted by molar-refractivity contribution is 14.1. The fourth-order valence-corrected chi connectivity index (χ4v) is 5.49. The average Bonchev–Trinajstić information content (AvgIpc) is 3.32. The van der Waals surface area contributed by atoms with Crippen molar-refractivity contribution in [2.45, 2.75) is 36.9 Å². The standard InChI is InChI=1S/C28H21F3IN5O4/c29-17-4-3-5-19(11-17)36(26(39)22-15-41-27(40)37(22)23-10-16(14-33)8-9-34-23)24(20-6-1-2-7-21(20)32)25(38)35-18-12-28(30,31)13-18/h1-11,18,22,24H,12-13,15H2,(H,35,38)/t22-,24-/m0/s1. The van der Waals surface area contributed by atoms with Crippen LogP contribution in [0.4, 0.5) is 29.5 Å². The van der Waals surface area contributed by atoms with Crippen LogP contribution in [0.3, 0.4) is 0 Å². The summed E-state index contributed by atoms with van der Waals surface area (Å²) in [6, 6.07) is 12.7. The molecule has 13 heteroatoms. The van der Waals surface area contributed by atoms with Crippen LogP contribution < -0.4 is 15.1 Å². The van der Waals surface area contributed by atoms with Crippen molar-refractivity contribution in [3.05, 3.63) is 87.4 Å². The van der Waals surface area contributed by atoms with Gasteiger partial charge in [0.25, 0.3) is 11.8 Å². The van der Waals surface area contributed by atoms with Gasteiger partial charge in [0.15, 0.2) is 6.04 Å². The number of benzene rings is 2. The van der Waals surface area contributed by atoms with Gasteiger partial charge in [-0.15, -0.1) is 0 Å². The molecule has 5 rings (SSSR count).